The van der Waals surface area contributed by atoms with Crippen molar-refractivity contribution >= 4 is 18.0 Å². The molecule has 0 bridgehead atoms. The van der Waals surface area contributed by atoms with E-state index in [1.54, 1.807) is 7.11 Å². The summed E-state index contributed by atoms with van der Waals surface area (Å²) in [5.74, 6) is -0.271. The van der Waals surface area contributed by atoms with Crippen molar-refractivity contribution in [3.63, 3.8) is 0 Å². The van der Waals surface area contributed by atoms with Crippen LogP contribution in [-0.2, 0) is 42.7 Å². The highest BCUT2D eigenvalue weighted by Crippen LogP contribution is 2.08. The van der Waals surface area contributed by atoms with Crippen LogP contribution in [0.5, 0.6) is 0 Å². The lowest BCUT2D eigenvalue weighted by Crippen LogP contribution is -2.37. The van der Waals surface area contributed by atoms with Crippen molar-refractivity contribution in [3.8, 4) is 0 Å². The molecule has 0 aliphatic carbocycles. The van der Waals surface area contributed by atoms with E-state index in [9.17, 15) is 14.4 Å². The SMILES string of the molecule is CCCCCCCOC(=O)CCCCOCC(CNC(=O)OCCOCCOC)OCCCCCCC(=O)OCCCCCC. The average Bonchev–Trinajstić information content (AvgIpc) is 3.03. The smallest absolute Gasteiger partial charge is 0.407 e. The number of methoxy groups -OCH3 is 1. The summed E-state index contributed by atoms with van der Waals surface area (Å²) >= 11 is 0. The van der Waals surface area contributed by atoms with E-state index in [1.807, 2.05) is 0 Å². The Morgan fingerprint density at radius 2 is 1.07 bits per heavy atom. The molecule has 0 aromatic carbocycles. The van der Waals surface area contributed by atoms with Crippen molar-refractivity contribution in [3.05, 3.63) is 0 Å². The standard InChI is InChI=1S/C34H65NO10/c1-4-6-8-11-17-24-44-33(37)20-14-18-21-41-30-31(29-35-34(38)45-28-27-40-26-25-39-3)42-22-16-12-10-13-19-32(36)43-23-15-9-7-5-2/h31H,4-30H2,1-3H3,(H,35,38). The Morgan fingerprint density at radius 1 is 0.533 bits per heavy atom. The topological polar surface area (TPSA) is 128 Å². The zero-order chi connectivity index (χ0) is 33.1. The van der Waals surface area contributed by atoms with Crippen LogP contribution >= 0.6 is 0 Å². The molecule has 0 radical (unpaired) electrons. The number of unbranched alkanes of at least 4 members (excludes halogenated alkanes) is 11. The Bertz CT molecular complexity index is 679. The van der Waals surface area contributed by atoms with Crippen LogP contribution in [0, 0.1) is 0 Å². The van der Waals surface area contributed by atoms with Gasteiger partial charge in [-0.1, -0.05) is 71.6 Å². The number of rotatable bonds is 34. The van der Waals surface area contributed by atoms with Gasteiger partial charge in [-0.05, 0) is 38.5 Å². The summed E-state index contributed by atoms with van der Waals surface area (Å²) in [6, 6.07) is 0. The van der Waals surface area contributed by atoms with E-state index in [0.29, 0.717) is 72.1 Å². The summed E-state index contributed by atoms with van der Waals surface area (Å²) in [6.07, 6.45) is 14.9. The highest BCUT2D eigenvalue weighted by molar-refractivity contribution is 5.69. The van der Waals surface area contributed by atoms with Crippen LogP contribution in [0.15, 0.2) is 0 Å². The Kier molecular flexibility index (Phi) is 33.4. The molecule has 1 unspecified atom stereocenters. The summed E-state index contributed by atoms with van der Waals surface area (Å²) in [7, 11) is 1.60. The van der Waals surface area contributed by atoms with Gasteiger partial charge in [0.25, 0.3) is 0 Å². The van der Waals surface area contributed by atoms with Crippen LogP contribution in [-0.4, -0.2) is 97.3 Å². The minimum absolute atomic E-state index is 0.117. The highest BCUT2D eigenvalue weighted by atomic mass is 16.6. The molecular formula is C34H65NO10. The number of hydrogen-bond donors (Lipinski definition) is 1. The van der Waals surface area contributed by atoms with Gasteiger partial charge in [0.1, 0.15) is 6.61 Å². The minimum atomic E-state index is -0.542. The fourth-order valence-corrected chi connectivity index (χ4v) is 4.27. The predicted molar refractivity (Wildman–Crippen MR) is 174 cm³/mol. The van der Waals surface area contributed by atoms with Crippen LogP contribution in [0.2, 0.25) is 0 Å². The third-order valence-corrected chi connectivity index (χ3v) is 6.99. The molecule has 1 amide bonds. The number of ether oxygens (including phenoxy) is 7. The van der Waals surface area contributed by atoms with E-state index < -0.39 is 6.09 Å². The summed E-state index contributed by atoms with van der Waals surface area (Å²) in [5, 5.41) is 2.73. The zero-order valence-corrected chi connectivity index (χ0v) is 28.8. The molecule has 0 fully saturated rings. The molecule has 0 spiro atoms. The number of amides is 1. The quantitative estimate of drug-likeness (QED) is 0.0467. The van der Waals surface area contributed by atoms with Gasteiger partial charge in [0.05, 0.1) is 45.7 Å². The molecule has 11 nitrogen and oxygen atoms in total. The molecule has 11 heteroatoms. The Morgan fingerprint density at radius 3 is 1.71 bits per heavy atom. The Hall–Kier alpha value is -1.95. The molecule has 1 N–H and O–H groups in total. The van der Waals surface area contributed by atoms with Gasteiger partial charge in [0.2, 0.25) is 0 Å². The minimum Gasteiger partial charge on any atom is -0.466 e. The van der Waals surface area contributed by atoms with Crippen LogP contribution in [0.4, 0.5) is 4.79 Å². The van der Waals surface area contributed by atoms with Crippen LogP contribution < -0.4 is 5.32 Å². The van der Waals surface area contributed by atoms with Gasteiger partial charge in [-0.3, -0.25) is 9.59 Å². The molecule has 45 heavy (non-hydrogen) atoms. The van der Waals surface area contributed by atoms with Crippen LogP contribution in [0.25, 0.3) is 0 Å². The van der Waals surface area contributed by atoms with E-state index in [-0.39, 0.29) is 31.2 Å². The third-order valence-electron chi connectivity index (χ3n) is 6.99. The van der Waals surface area contributed by atoms with Gasteiger partial charge < -0.3 is 38.5 Å². The van der Waals surface area contributed by atoms with E-state index >= 15 is 0 Å². The highest BCUT2D eigenvalue weighted by Gasteiger charge is 2.13. The van der Waals surface area contributed by atoms with Crippen molar-refractivity contribution in [2.75, 3.05) is 73.1 Å². The second-order valence-electron chi connectivity index (χ2n) is 11.2. The number of nitrogens with one attached hydrogen (secondary N) is 1. The molecule has 0 aromatic heterocycles. The van der Waals surface area contributed by atoms with Gasteiger partial charge in [0.15, 0.2) is 0 Å². The molecule has 0 aliphatic heterocycles. The van der Waals surface area contributed by atoms with Crippen molar-refractivity contribution < 1.29 is 47.5 Å². The third kappa shape index (κ3) is 33.2. The monoisotopic (exact) mass is 647 g/mol. The number of carbonyl (C=O) groups is 3. The first kappa shape index (κ1) is 43.0. The van der Waals surface area contributed by atoms with Crippen molar-refractivity contribution in [1.82, 2.24) is 5.32 Å². The largest absolute Gasteiger partial charge is 0.466 e. The Labute approximate surface area is 273 Å². The molecular weight excluding hydrogens is 582 g/mol. The molecule has 0 aromatic rings. The molecule has 0 saturated carbocycles. The fourth-order valence-electron chi connectivity index (χ4n) is 4.27. The number of esters is 2. The lowest BCUT2D eigenvalue weighted by molar-refractivity contribution is -0.144. The summed E-state index contributed by atoms with van der Waals surface area (Å²) < 4.78 is 37.7. The van der Waals surface area contributed by atoms with E-state index in [1.165, 1.54) is 32.1 Å². The Balaban J connectivity index is 4.18. The molecule has 0 saturated heterocycles. The zero-order valence-electron chi connectivity index (χ0n) is 28.8. The number of alkyl carbamates (subject to hydrolysis) is 1. The first-order valence-corrected chi connectivity index (χ1v) is 17.5. The van der Waals surface area contributed by atoms with E-state index in [0.717, 1.165) is 57.8 Å². The van der Waals surface area contributed by atoms with E-state index in [2.05, 4.69) is 19.2 Å². The van der Waals surface area contributed by atoms with Gasteiger partial charge in [-0.25, -0.2) is 4.79 Å². The maximum atomic E-state index is 12.1. The first-order valence-electron chi connectivity index (χ1n) is 17.5. The summed E-state index contributed by atoms with van der Waals surface area (Å²) in [4.78, 5) is 35.8. The second kappa shape index (κ2) is 34.9. The fraction of sp³-hybridized carbons (Fsp3) is 0.912. The molecule has 1 atom stereocenters. The summed E-state index contributed by atoms with van der Waals surface area (Å²) in [5.41, 5.74) is 0. The van der Waals surface area contributed by atoms with Crippen molar-refractivity contribution in [2.24, 2.45) is 0 Å². The number of carbonyl (C=O) groups excluding carboxylic acids is 3. The van der Waals surface area contributed by atoms with Crippen LogP contribution in [0.1, 0.15) is 123 Å². The number of hydrogen-bond acceptors (Lipinski definition) is 10. The molecule has 0 aliphatic rings. The van der Waals surface area contributed by atoms with Crippen LogP contribution in [0.3, 0.4) is 0 Å². The maximum absolute atomic E-state index is 12.1. The lowest BCUT2D eigenvalue weighted by atomic mass is 10.1. The van der Waals surface area contributed by atoms with Crippen molar-refractivity contribution in [1.29, 1.82) is 0 Å². The molecule has 0 heterocycles. The lowest BCUT2D eigenvalue weighted by Gasteiger charge is -2.19. The molecule has 0 rings (SSSR count). The van der Waals surface area contributed by atoms with Gasteiger partial charge >= 0.3 is 18.0 Å². The summed E-state index contributed by atoms with van der Waals surface area (Å²) in [6.45, 7) is 8.29. The first-order chi connectivity index (χ1) is 22.0. The van der Waals surface area contributed by atoms with Crippen molar-refractivity contribution in [2.45, 2.75) is 129 Å². The van der Waals surface area contributed by atoms with Gasteiger partial charge in [-0.2, -0.15) is 0 Å². The van der Waals surface area contributed by atoms with E-state index in [4.69, 9.17) is 33.2 Å². The predicted octanol–water partition coefficient (Wildman–Crippen LogP) is 6.54. The molecule has 266 valence electrons. The normalized spacial score (nSPS) is 11.7. The maximum Gasteiger partial charge on any atom is 0.407 e. The second-order valence-corrected chi connectivity index (χ2v) is 11.2. The van der Waals surface area contributed by atoms with Gasteiger partial charge in [0, 0.05) is 39.7 Å². The van der Waals surface area contributed by atoms with Gasteiger partial charge in [-0.15, -0.1) is 0 Å². The average molecular weight is 648 g/mol.